The van der Waals surface area contributed by atoms with Gasteiger partial charge in [0.2, 0.25) is 5.91 Å². The van der Waals surface area contributed by atoms with Crippen LogP contribution in [0.5, 0.6) is 5.75 Å². The van der Waals surface area contributed by atoms with Gasteiger partial charge in [-0.25, -0.2) is 4.39 Å². The van der Waals surface area contributed by atoms with E-state index in [-0.39, 0.29) is 54.7 Å². The largest absolute Gasteiger partial charge is 0.491 e. The Morgan fingerprint density at radius 2 is 1.86 bits per heavy atom. The van der Waals surface area contributed by atoms with Crippen LogP contribution in [0.25, 0.3) is 0 Å². The number of aryl methyl sites for hydroxylation is 1. The average Bonchev–Trinajstić information content (AvgIpc) is 3.12. The number of rotatable bonds is 9. The number of ether oxygens (including phenoxy) is 1. The summed E-state index contributed by atoms with van der Waals surface area (Å²) in [5.74, 6) is -0.936. The van der Waals surface area contributed by atoms with Crippen LogP contribution in [-0.2, 0) is 39.1 Å². The van der Waals surface area contributed by atoms with Crippen molar-refractivity contribution in [3.05, 3.63) is 64.0 Å². The molecule has 1 atom stereocenters. The van der Waals surface area contributed by atoms with Gasteiger partial charge in [0.25, 0.3) is 0 Å². The van der Waals surface area contributed by atoms with E-state index in [1.165, 1.54) is 6.07 Å². The van der Waals surface area contributed by atoms with Crippen molar-refractivity contribution in [2.24, 2.45) is 0 Å². The first-order chi connectivity index (χ1) is 17.5. The molecule has 1 amide bonds. The molecule has 0 aromatic heterocycles. The fraction of sp³-hybridized carbons (Fsp3) is 0.500. The number of hydrogen-bond donors (Lipinski definition) is 1. The zero-order chi connectivity index (χ0) is 26.9. The molecular weight excluding hydrogens is 473 g/mol. The van der Waals surface area contributed by atoms with Crippen LogP contribution in [0.15, 0.2) is 30.3 Å². The van der Waals surface area contributed by atoms with E-state index < -0.39 is 12.0 Å². The summed E-state index contributed by atoms with van der Waals surface area (Å²) in [7, 11) is 0. The van der Waals surface area contributed by atoms with Crippen LogP contribution in [0, 0.1) is 5.82 Å². The molecular formula is C30H36FNO5. The summed E-state index contributed by atoms with van der Waals surface area (Å²) in [4.78, 5) is 39.4. The number of halogens is 1. The molecule has 37 heavy (non-hydrogen) atoms. The van der Waals surface area contributed by atoms with Gasteiger partial charge < -0.3 is 14.7 Å². The topological polar surface area (TPSA) is 83.9 Å². The number of hydrogen-bond acceptors (Lipinski definition) is 4. The monoisotopic (exact) mass is 509 g/mol. The van der Waals surface area contributed by atoms with E-state index in [1.807, 2.05) is 52.0 Å². The van der Waals surface area contributed by atoms with Crippen molar-refractivity contribution in [3.63, 3.8) is 0 Å². The van der Waals surface area contributed by atoms with Crippen molar-refractivity contribution >= 4 is 17.7 Å². The first kappa shape index (κ1) is 26.8. The normalized spacial score (nSPS) is 17.9. The maximum absolute atomic E-state index is 15.1. The van der Waals surface area contributed by atoms with Crippen LogP contribution in [-0.4, -0.2) is 40.3 Å². The fourth-order valence-electron chi connectivity index (χ4n) is 5.75. The predicted octanol–water partition coefficient (Wildman–Crippen LogP) is 5.33. The molecule has 0 fully saturated rings. The number of Topliss-reactive ketones (excluding diaryl/α,β-unsaturated/α-hetero) is 1. The third-order valence-electron chi connectivity index (χ3n) is 7.43. The number of nitrogens with zero attached hydrogens (tertiary/aromatic N) is 1. The zero-order valence-corrected chi connectivity index (χ0v) is 22.1. The number of carbonyl (C=O) groups is 3. The molecule has 1 N–H and O–H groups in total. The molecule has 2 aromatic carbocycles. The predicted molar refractivity (Wildman–Crippen MR) is 138 cm³/mol. The number of ketones is 1. The number of carboxylic acid groups (broad SMARTS) is 1. The first-order valence-electron chi connectivity index (χ1n) is 13.1. The maximum atomic E-state index is 15.1. The van der Waals surface area contributed by atoms with Crippen LogP contribution in [0.2, 0.25) is 0 Å². The van der Waals surface area contributed by atoms with Crippen LogP contribution >= 0.6 is 0 Å². The number of benzene rings is 2. The van der Waals surface area contributed by atoms with E-state index >= 15 is 4.39 Å². The van der Waals surface area contributed by atoms with Crippen molar-refractivity contribution in [1.82, 2.24) is 4.90 Å². The minimum Gasteiger partial charge on any atom is -0.491 e. The van der Waals surface area contributed by atoms with Gasteiger partial charge in [-0.05, 0) is 91.0 Å². The Balaban J connectivity index is 1.63. The third-order valence-corrected chi connectivity index (χ3v) is 7.43. The van der Waals surface area contributed by atoms with Gasteiger partial charge in [-0.15, -0.1) is 0 Å². The SMILES string of the molecule is CC(C)Oc1ccc2c(c1)CCN(C(=O)CCCC(=O)O)[C@H]2C(=O)Cc1cc(F)c2c(c1)CCC2(C)C. The van der Waals surface area contributed by atoms with Crippen LogP contribution in [0.4, 0.5) is 4.39 Å². The number of carboxylic acids is 1. The number of carbonyl (C=O) groups excluding carboxylic acids is 2. The lowest BCUT2D eigenvalue weighted by molar-refractivity contribution is -0.141. The molecule has 1 aliphatic heterocycles. The van der Waals surface area contributed by atoms with Gasteiger partial charge in [-0.2, -0.15) is 0 Å². The van der Waals surface area contributed by atoms with Crippen molar-refractivity contribution in [3.8, 4) is 5.75 Å². The van der Waals surface area contributed by atoms with Gasteiger partial charge in [0, 0.05) is 25.8 Å². The molecule has 1 aliphatic carbocycles. The van der Waals surface area contributed by atoms with E-state index in [9.17, 15) is 14.4 Å². The van der Waals surface area contributed by atoms with Gasteiger partial charge in [0.05, 0.1) is 6.10 Å². The number of aliphatic carboxylic acids is 1. The summed E-state index contributed by atoms with van der Waals surface area (Å²) in [6.45, 7) is 8.32. The smallest absolute Gasteiger partial charge is 0.303 e. The van der Waals surface area contributed by atoms with E-state index in [0.29, 0.717) is 24.3 Å². The highest BCUT2D eigenvalue weighted by Crippen LogP contribution is 2.41. The van der Waals surface area contributed by atoms with Crippen LogP contribution in [0.1, 0.15) is 87.2 Å². The number of fused-ring (bicyclic) bond motifs is 2. The lowest BCUT2D eigenvalue weighted by Gasteiger charge is -2.37. The molecule has 0 radical (unpaired) electrons. The van der Waals surface area contributed by atoms with E-state index in [1.54, 1.807) is 4.90 Å². The second kappa shape index (κ2) is 10.6. The Morgan fingerprint density at radius 3 is 2.57 bits per heavy atom. The van der Waals surface area contributed by atoms with Gasteiger partial charge in [0.15, 0.2) is 5.78 Å². The molecule has 7 heteroatoms. The minimum atomic E-state index is -0.955. The first-order valence-corrected chi connectivity index (χ1v) is 13.1. The van der Waals surface area contributed by atoms with E-state index in [2.05, 4.69) is 0 Å². The fourth-order valence-corrected chi connectivity index (χ4v) is 5.75. The number of amides is 1. The van der Waals surface area contributed by atoms with Crippen molar-refractivity contribution in [2.45, 2.75) is 90.2 Å². The Morgan fingerprint density at radius 1 is 1.11 bits per heavy atom. The second-order valence-corrected chi connectivity index (χ2v) is 11.2. The Kier molecular flexibility index (Phi) is 7.72. The summed E-state index contributed by atoms with van der Waals surface area (Å²) in [6.07, 6.45) is 2.40. The standard InChI is InChI=1S/C30H36FNO5/c1-18(2)37-22-8-9-23-20(17-22)11-13-32(26(34)6-5-7-27(35)36)29(23)25(33)16-19-14-21-10-12-30(3,4)28(21)24(31)15-19/h8-9,14-15,17-18,29H,5-7,10-13,16H2,1-4H3,(H,35,36)/t29-/m1/s1. The summed E-state index contributed by atoms with van der Waals surface area (Å²) < 4.78 is 20.9. The van der Waals surface area contributed by atoms with Crippen LogP contribution < -0.4 is 4.74 Å². The zero-order valence-electron chi connectivity index (χ0n) is 22.1. The molecule has 0 bridgehead atoms. The lowest BCUT2D eigenvalue weighted by Crippen LogP contribution is -2.44. The summed E-state index contributed by atoms with van der Waals surface area (Å²) in [6, 6.07) is 8.19. The highest BCUT2D eigenvalue weighted by molar-refractivity contribution is 5.92. The Bertz CT molecular complexity index is 1220. The third kappa shape index (κ3) is 5.86. The van der Waals surface area contributed by atoms with Gasteiger partial charge in [0.1, 0.15) is 17.6 Å². The minimum absolute atomic E-state index is 0.00561. The maximum Gasteiger partial charge on any atom is 0.303 e. The highest BCUT2D eigenvalue weighted by Gasteiger charge is 2.37. The van der Waals surface area contributed by atoms with Crippen molar-refractivity contribution < 1.29 is 28.6 Å². The molecule has 2 aliphatic rings. The van der Waals surface area contributed by atoms with Gasteiger partial charge >= 0.3 is 5.97 Å². The molecule has 6 nitrogen and oxygen atoms in total. The second-order valence-electron chi connectivity index (χ2n) is 11.2. The van der Waals surface area contributed by atoms with Crippen LogP contribution in [0.3, 0.4) is 0 Å². The van der Waals surface area contributed by atoms with Crippen molar-refractivity contribution in [1.29, 1.82) is 0 Å². The molecule has 0 saturated heterocycles. The summed E-state index contributed by atoms with van der Waals surface area (Å²) >= 11 is 0. The molecule has 1 heterocycles. The Labute approximate surface area is 217 Å². The van der Waals surface area contributed by atoms with Gasteiger partial charge in [-0.3, -0.25) is 14.4 Å². The summed E-state index contributed by atoms with van der Waals surface area (Å²) in [5.41, 5.74) is 3.78. The molecule has 0 saturated carbocycles. The van der Waals surface area contributed by atoms with Crippen molar-refractivity contribution in [2.75, 3.05) is 6.54 Å². The summed E-state index contributed by atoms with van der Waals surface area (Å²) in [5, 5.41) is 8.96. The lowest BCUT2D eigenvalue weighted by atomic mass is 9.84. The quantitative estimate of drug-likeness (QED) is 0.494. The molecule has 2 aromatic rings. The molecule has 198 valence electrons. The van der Waals surface area contributed by atoms with Gasteiger partial charge in [-0.1, -0.05) is 26.0 Å². The molecule has 0 unspecified atom stereocenters. The Hall–Kier alpha value is -3.22. The molecule has 0 spiro atoms. The average molecular weight is 510 g/mol. The molecule has 4 rings (SSSR count). The van der Waals surface area contributed by atoms with E-state index in [0.717, 1.165) is 35.1 Å². The highest BCUT2D eigenvalue weighted by atomic mass is 19.1. The van der Waals surface area contributed by atoms with E-state index in [4.69, 9.17) is 9.84 Å².